The number of H-pyrrole nitrogens is 1. The lowest BCUT2D eigenvalue weighted by molar-refractivity contribution is 0.525. The van der Waals surface area contributed by atoms with Crippen LogP contribution in [0.1, 0.15) is 135 Å². The van der Waals surface area contributed by atoms with E-state index < -0.39 is 0 Å². The van der Waals surface area contributed by atoms with E-state index in [1.807, 2.05) is 6.20 Å². The second-order valence-electron chi connectivity index (χ2n) is 8.33. The summed E-state index contributed by atoms with van der Waals surface area (Å²) >= 11 is 0. The number of rotatable bonds is 20. The minimum Gasteiger partial charge on any atom is -0.362 e. The van der Waals surface area contributed by atoms with Crippen LogP contribution < -0.4 is 0 Å². The van der Waals surface area contributed by atoms with Gasteiger partial charge in [0.1, 0.15) is 0 Å². The van der Waals surface area contributed by atoms with Gasteiger partial charge in [0.05, 0.1) is 0 Å². The molecule has 0 amide bonds. The number of nitrogens with one attached hydrogen (secondary N) is 1. The van der Waals surface area contributed by atoms with Crippen molar-refractivity contribution in [3.05, 3.63) is 30.1 Å². The molecule has 0 spiro atoms. The number of hydrogen-bond donors (Lipinski definition) is 1. The van der Waals surface area contributed by atoms with E-state index in [9.17, 15) is 0 Å². The van der Waals surface area contributed by atoms with Crippen LogP contribution in [0.25, 0.3) is 6.08 Å². The van der Waals surface area contributed by atoms with Crippen LogP contribution in [0.15, 0.2) is 24.4 Å². The topological polar surface area (TPSA) is 15.8 Å². The minimum atomic E-state index is 1.22. The van der Waals surface area contributed by atoms with Crippen molar-refractivity contribution in [2.75, 3.05) is 0 Å². The highest BCUT2D eigenvalue weighted by Gasteiger charge is 1.95. The Kier molecular flexibility index (Phi) is 17.6. The van der Waals surface area contributed by atoms with Crippen molar-refractivity contribution < 1.29 is 0 Å². The van der Waals surface area contributed by atoms with Crippen molar-refractivity contribution >= 4 is 6.08 Å². The SMILES string of the molecule is CCCCCCCCCCCCCCCCCCCC/C=C/c1ccc[nH]1. The van der Waals surface area contributed by atoms with Crippen LogP contribution in [-0.2, 0) is 0 Å². The van der Waals surface area contributed by atoms with Crippen LogP contribution in [0.3, 0.4) is 0 Å². The highest BCUT2D eigenvalue weighted by molar-refractivity contribution is 5.43. The molecule has 0 aliphatic rings. The number of allylic oxidation sites excluding steroid dienone is 1. The van der Waals surface area contributed by atoms with Crippen molar-refractivity contribution in [3.8, 4) is 0 Å². The lowest BCUT2D eigenvalue weighted by Gasteiger charge is -2.03. The number of aromatic nitrogens is 1. The zero-order valence-corrected chi connectivity index (χ0v) is 18.3. The second-order valence-corrected chi connectivity index (χ2v) is 8.33. The molecule has 0 radical (unpaired) electrons. The van der Waals surface area contributed by atoms with E-state index in [0.717, 1.165) is 0 Å². The quantitative estimate of drug-likeness (QED) is 0.219. The molecule has 0 aliphatic carbocycles. The first-order valence-electron chi connectivity index (χ1n) is 12.2. The fourth-order valence-corrected chi connectivity index (χ4v) is 3.82. The highest BCUT2D eigenvalue weighted by Crippen LogP contribution is 2.14. The molecule has 0 aromatic carbocycles. The van der Waals surface area contributed by atoms with Gasteiger partial charge in [-0.05, 0) is 31.1 Å². The molecule has 1 N–H and O–H groups in total. The van der Waals surface area contributed by atoms with Gasteiger partial charge in [0, 0.05) is 11.9 Å². The fraction of sp³-hybridized carbons (Fsp3) is 0.769. The molecule has 1 aromatic rings. The average molecular weight is 374 g/mol. The summed E-state index contributed by atoms with van der Waals surface area (Å²) in [6.45, 7) is 2.30. The molecule has 1 heterocycles. The van der Waals surface area contributed by atoms with Crippen LogP contribution in [-0.4, -0.2) is 4.98 Å². The van der Waals surface area contributed by atoms with E-state index >= 15 is 0 Å². The maximum atomic E-state index is 3.21. The van der Waals surface area contributed by atoms with E-state index in [4.69, 9.17) is 0 Å². The molecule has 0 saturated carbocycles. The van der Waals surface area contributed by atoms with Gasteiger partial charge in [-0.15, -0.1) is 0 Å². The molecule has 27 heavy (non-hydrogen) atoms. The fourth-order valence-electron chi connectivity index (χ4n) is 3.82. The van der Waals surface area contributed by atoms with Gasteiger partial charge < -0.3 is 4.98 Å². The van der Waals surface area contributed by atoms with Gasteiger partial charge in [-0.3, -0.25) is 0 Å². The molecular formula is C26H47N. The van der Waals surface area contributed by atoms with E-state index in [0.29, 0.717) is 0 Å². The van der Waals surface area contributed by atoms with Crippen molar-refractivity contribution in [3.63, 3.8) is 0 Å². The Morgan fingerprint density at radius 3 is 1.48 bits per heavy atom. The zero-order chi connectivity index (χ0) is 19.3. The molecule has 1 rings (SSSR count). The van der Waals surface area contributed by atoms with Crippen molar-refractivity contribution in [2.45, 2.75) is 129 Å². The van der Waals surface area contributed by atoms with Gasteiger partial charge in [-0.25, -0.2) is 0 Å². The Bertz CT molecular complexity index is 404. The molecule has 0 fully saturated rings. The van der Waals surface area contributed by atoms with Crippen LogP contribution in [0.5, 0.6) is 0 Å². The summed E-state index contributed by atoms with van der Waals surface area (Å²) in [6.07, 6.45) is 33.8. The number of aromatic amines is 1. The summed E-state index contributed by atoms with van der Waals surface area (Å²) in [6, 6.07) is 4.17. The van der Waals surface area contributed by atoms with Crippen molar-refractivity contribution in [1.82, 2.24) is 4.98 Å². The molecule has 0 saturated heterocycles. The van der Waals surface area contributed by atoms with Gasteiger partial charge in [0.2, 0.25) is 0 Å². The Morgan fingerprint density at radius 2 is 1.07 bits per heavy atom. The third-order valence-electron chi connectivity index (χ3n) is 5.64. The zero-order valence-electron chi connectivity index (χ0n) is 18.3. The lowest BCUT2D eigenvalue weighted by Crippen LogP contribution is -1.84. The predicted molar refractivity (Wildman–Crippen MR) is 123 cm³/mol. The Balaban J connectivity index is 1.67. The first-order chi connectivity index (χ1) is 13.4. The molecular weight excluding hydrogens is 326 g/mol. The standard InChI is InChI=1S/C26H47N/c1-2-3-4-5-6-7-8-9-10-11-12-13-14-15-16-17-18-19-20-21-23-26-24-22-25-27-26/h21-25,27H,2-20H2,1H3/b23-21+. The Labute approximate surface area is 170 Å². The largest absolute Gasteiger partial charge is 0.362 e. The van der Waals surface area contributed by atoms with Crippen LogP contribution in [0, 0.1) is 0 Å². The van der Waals surface area contributed by atoms with E-state index in [1.165, 1.54) is 128 Å². The molecule has 0 bridgehead atoms. The van der Waals surface area contributed by atoms with Crippen LogP contribution in [0.4, 0.5) is 0 Å². The van der Waals surface area contributed by atoms with Gasteiger partial charge in [-0.1, -0.05) is 122 Å². The lowest BCUT2D eigenvalue weighted by atomic mass is 10.0. The van der Waals surface area contributed by atoms with Gasteiger partial charge >= 0.3 is 0 Å². The maximum absolute atomic E-state index is 3.21. The molecule has 1 aromatic heterocycles. The summed E-state index contributed by atoms with van der Waals surface area (Å²) in [5.41, 5.74) is 1.22. The van der Waals surface area contributed by atoms with Gasteiger partial charge in [0.15, 0.2) is 0 Å². The normalized spacial score (nSPS) is 11.6. The third kappa shape index (κ3) is 16.9. The minimum absolute atomic E-state index is 1.22. The molecule has 0 unspecified atom stereocenters. The summed E-state index contributed by atoms with van der Waals surface area (Å²) < 4.78 is 0. The van der Waals surface area contributed by atoms with Crippen molar-refractivity contribution in [2.24, 2.45) is 0 Å². The average Bonchev–Trinajstić information content (AvgIpc) is 3.20. The summed E-state index contributed by atoms with van der Waals surface area (Å²) in [5, 5.41) is 0. The molecule has 0 atom stereocenters. The number of hydrogen-bond acceptors (Lipinski definition) is 0. The molecule has 1 nitrogen and oxygen atoms in total. The monoisotopic (exact) mass is 373 g/mol. The predicted octanol–water partition coefficient (Wildman–Crippen LogP) is 9.46. The first kappa shape index (κ1) is 24.1. The first-order valence-corrected chi connectivity index (χ1v) is 12.2. The van der Waals surface area contributed by atoms with Crippen LogP contribution >= 0.6 is 0 Å². The summed E-state index contributed by atoms with van der Waals surface area (Å²) in [4.78, 5) is 3.21. The van der Waals surface area contributed by atoms with E-state index in [1.54, 1.807) is 0 Å². The summed E-state index contributed by atoms with van der Waals surface area (Å²) in [5.74, 6) is 0. The third-order valence-corrected chi connectivity index (χ3v) is 5.64. The smallest absolute Gasteiger partial charge is 0.0377 e. The Hall–Kier alpha value is -0.980. The molecule has 1 heteroatoms. The van der Waals surface area contributed by atoms with Crippen molar-refractivity contribution in [1.29, 1.82) is 0 Å². The number of unbranched alkanes of at least 4 members (excludes halogenated alkanes) is 18. The van der Waals surface area contributed by atoms with E-state index in [-0.39, 0.29) is 0 Å². The molecule has 156 valence electrons. The maximum Gasteiger partial charge on any atom is 0.0377 e. The van der Waals surface area contributed by atoms with Gasteiger partial charge in [-0.2, -0.15) is 0 Å². The molecule has 0 aliphatic heterocycles. The highest BCUT2D eigenvalue weighted by atomic mass is 14.7. The van der Waals surface area contributed by atoms with Gasteiger partial charge in [0.25, 0.3) is 0 Å². The summed E-state index contributed by atoms with van der Waals surface area (Å²) in [7, 11) is 0. The van der Waals surface area contributed by atoms with E-state index in [2.05, 4.69) is 36.2 Å². The van der Waals surface area contributed by atoms with Crippen LogP contribution in [0.2, 0.25) is 0 Å². The second kappa shape index (κ2) is 19.8. The Morgan fingerprint density at radius 1 is 0.630 bits per heavy atom.